The smallest absolute Gasteiger partial charge is 0.367 e. The summed E-state index contributed by atoms with van der Waals surface area (Å²) in [6, 6.07) is 0. The number of ether oxygens (including phenoxy) is 1. The Morgan fingerprint density at radius 3 is 2.45 bits per heavy atom. The first-order chi connectivity index (χ1) is 5.22. The molecule has 0 heterocycles. The van der Waals surface area contributed by atoms with Crippen molar-refractivity contribution in [1.29, 1.82) is 0 Å². The van der Waals surface area contributed by atoms with E-state index in [9.17, 15) is 9.90 Å². The van der Waals surface area contributed by atoms with E-state index in [1.54, 1.807) is 6.92 Å². The van der Waals surface area contributed by atoms with E-state index in [2.05, 4.69) is 0 Å². The third-order valence-corrected chi connectivity index (χ3v) is 1.45. The van der Waals surface area contributed by atoms with Gasteiger partial charge in [-0.15, -0.1) is 0 Å². The molecule has 0 rings (SSSR count). The van der Waals surface area contributed by atoms with Gasteiger partial charge in [-0.05, 0) is 13.3 Å². The first-order valence-corrected chi connectivity index (χ1v) is 4.04. The summed E-state index contributed by atoms with van der Waals surface area (Å²) in [6.07, 6.45) is 1.71. The van der Waals surface area contributed by atoms with Gasteiger partial charge in [-0.1, -0.05) is 19.8 Å². The van der Waals surface area contributed by atoms with E-state index >= 15 is 0 Å². The van der Waals surface area contributed by atoms with E-state index in [0.717, 1.165) is 12.8 Å². The number of carbonyl (C=O) groups is 1. The van der Waals surface area contributed by atoms with Crippen molar-refractivity contribution in [1.82, 2.24) is 0 Å². The maximum atomic E-state index is 10.4. The van der Waals surface area contributed by atoms with E-state index in [4.69, 9.17) is 4.74 Å². The molecule has 0 saturated carbocycles. The van der Waals surface area contributed by atoms with Crippen molar-refractivity contribution in [2.24, 2.45) is 0 Å². The Bertz CT molecular complexity index is 112. The molecule has 0 bridgehead atoms. The second-order valence-electron chi connectivity index (χ2n) is 2.41. The highest BCUT2D eigenvalue weighted by Gasteiger charge is 2.17. The monoisotopic (exact) mass is 159 g/mol. The molecule has 0 fully saturated rings. The molecule has 0 spiro atoms. The lowest BCUT2D eigenvalue weighted by Gasteiger charge is -2.09. The van der Waals surface area contributed by atoms with Crippen LogP contribution in [0.4, 0.5) is 0 Å². The SMILES string of the molecule is CCCCC(OCC)C([O])=O. The summed E-state index contributed by atoms with van der Waals surface area (Å²) < 4.78 is 4.94. The van der Waals surface area contributed by atoms with Crippen LogP contribution in [0.1, 0.15) is 33.1 Å². The number of hydrogen-bond acceptors (Lipinski definition) is 2. The van der Waals surface area contributed by atoms with Crippen LogP contribution in [0.25, 0.3) is 0 Å². The predicted molar refractivity (Wildman–Crippen MR) is 40.6 cm³/mol. The van der Waals surface area contributed by atoms with Gasteiger partial charge in [-0.3, -0.25) is 0 Å². The minimum atomic E-state index is -1.10. The Balaban J connectivity index is 3.60. The summed E-state index contributed by atoms with van der Waals surface area (Å²) >= 11 is 0. The first-order valence-electron chi connectivity index (χ1n) is 4.04. The molecule has 3 heteroatoms. The van der Waals surface area contributed by atoms with Crippen LogP contribution in [0, 0.1) is 0 Å². The minimum Gasteiger partial charge on any atom is -0.367 e. The van der Waals surface area contributed by atoms with Crippen molar-refractivity contribution in [3.63, 3.8) is 0 Å². The Hall–Kier alpha value is -0.570. The minimum absolute atomic E-state index is 0.433. The Morgan fingerprint density at radius 1 is 1.45 bits per heavy atom. The fourth-order valence-electron chi connectivity index (χ4n) is 0.860. The zero-order chi connectivity index (χ0) is 8.69. The van der Waals surface area contributed by atoms with E-state index < -0.39 is 12.1 Å². The van der Waals surface area contributed by atoms with Crippen LogP contribution in [-0.4, -0.2) is 18.7 Å². The van der Waals surface area contributed by atoms with Crippen LogP contribution in [0.15, 0.2) is 0 Å². The van der Waals surface area contributed by atoms with E-state index in [0.29, 0.717) is 13.0 Å². The van der Waals surface area contributed by atoms with Crippen molar-refractivity contribution >= 4 is 5.97 Å². The zero-order valence-corrected chi connectivity index (χ0v) is 7.13. The van der Waals surface area contributed by atoms with Gasteiger partial charge < -0.3 is 4.74 Å². The van der Waals surface area contributed by atoms with Crippen LogP contribution in [0.5, 0.6) is 0 Å². The Morgan fingerprint density at radius 2 is 2.09 bits per heavy atom. The summed E-state index contributed by atoms with van der Waals surface area (Å²) in [6.45, 7) is 4.22. The van der Waals surface area contributed by atoms with Gasteiger partial charge in [0, 0.05) is 6.61 Å². The van der Waals surface area contributed by atoms with E-state index in [1.807, 2.05) is 6.92 Å². The standard InChI is InChI=1S/C8H15O3/c1-3-5-6-7(8(9)10)11-4-2/h7H,3-6H2,1-2H3. The van der Waals surface area contributed by atoms with Crippen molar-refractivity contribution < 1.29 is 14.6 Å². The molecule has 3 nitrogen and oxygen atoms in total. The summed E-state index contributed by atoms with van der Waals surface area (Å²) in [5.74, 6) is -1.10. The average Bonchev–Trinajstić information content (AvgIpc) is 1.97. The fraction of sp³-hybridized carbons (Fsp3) is 0.875. The quantitative estimate of drug-likeness (QED) is 0.590. The largest absolute Gasteiger partial charge is 0.383 e. The van der Waals surface area contributed by atoms with Gasteiger partial charge >= 0.3 is 5.97 Å². The van der Waals surface area contributed by atoms with Gasteiger partial charge in [-0.2, -0.15) is 0 Å². The third kappa shape index (κ3) is 4.79. The van der Waals surface area contributed by atoms with E-state index in [1.165, 1.54) is 0 Å². The van der Waals surface area contributed by atoms with Crippen molar-refractivity contribution in [2.75, 3.05) is 6.61 Å². The normalized spacial score (nSPS) is 12.9. The molecule has 0 aliphatic heterocycles. The molecule has 1 atom stereocenters. The molecule has 0 aliphatic rings. The zero-order valence-electron chi connectivity index (χ0n) is 7.13. The molecule has 1 unspecified atom stereocenters. The van der Waals surface area contributed by atoms with Crippen LogP contribution in [0.2, 0.25) is 0 Å². The molecule has 65 valence electrons. The highest BCUT2D eigenvalue weighted by molar-refractivity contribution is 5.71. The highest BCUT2D eigenvalue weighted by Crippen LogP contribution is 2.04. The number of rotatable bonds is 6. The average molecular weight is 159 g/mol. The van der Waals surface area contributed by atoms with Gasteiger partial charge in [0.25, 0.3) is 0 Å². The van der Waals surface area contributed by atoms with Gasteiger partial charge in [0.2, 0.25) is 0 Å². The van der Waals surface area contributed by atoms with E-state index in [-0.39, 0.29) is 0 Å². The third-order valence-electron chi connectivity index (χ3n) is 1.45. The summed E-state index contributed by atoms with van der Waals surface area (Å²) in [5.41, 5.74) is 0. The van der Waals surface area contributed by atoms with Gasteiger partial charge in [0.05, 0.1) is 0 Å². The highest BCUT2D eigenvalue weighted by atomic mass is 16.5. The second kappa shape index (κ2) is 6.16. The molecule has 0 aromatic rings. The molecule has 0 aromatic carbocycles. The van der Waals surface area contributed by atoms with Gasteiger partial charge in [0.1, 0.15) is 0 Å². The Kier molecular flexibility index (Phi) is 5.84. The van der Waals surface area contributed by atoms with Crippen molar-refractivity contribution in [3.05, 3.63) is 0 Å². The second-order valence-corrected chi connectivity index (χ2v) is 2.41. The van der Waals surface area contributed by atoms with Crippen LogP contribution in [0.3, 0.4) is 0 Å². The number of unbranched alkanes of at least 4 members (excludes halogenated alkanes) is 1. The van der Waals surface area contributed by atoms with Crippen molar-refractivity contribution in [3.8, 4) is 0 Å². The first kappa shape index (κ1) is 10.4. The molecule has 0 aliphatic carbocycles. The predicted octanol–water partition coefficient (Wildman–Crippen LogP) is 1.54. The Labute approximate surface area is 67.4 Å². The topological polar surface area (TPSA) is 46.2 Å². The molecule has 11 heavy (non-hydrogen) atoms. The molecule has 0 saturated heterocycles. The lowest BCUT2D eigenvalue weighted by atomic mass is 10.1. The summed E-state index contributed by atoms with van der Waals surface area (Å²) in [4.78, 5) is 10.4. The summed E-state index contributed by atoms with van der Waals surface area (Å²) in [5, 5.41) is 10.4. The molecular formula is C8H15O3. The molecule has 0 aromatic heterocycles. The number of hydrogen-bond donors (Lipinski definition) is 0. The molecule has 0 N–H and O–H groups in total. The van der Waals surface area contributed by atoms with Crippen LogP contribution >= 0.6 is 0 Å². The van der Waals surface area contributed by atoms with Gasteiger partial charge in [-0.25, -0.2) is 9.90 Å². The fourth-order valence-corrected chi connectivity index (χ4v) is 0.860. The molecule has 1 radical (unpaired) electrons. The number of carbonyl (C=O) groups excluding carboxylic acids is 1. The lowest BCUT2D eigenvalue weighted by molar-refractivity contribution is -0.157. The molecule has 0 amide bonds. The molecular weight excluding hydrogens is 144 g/mol. The van der Waals surface area contributed by atoms with Crippen molar-refractivity contribution in [2.45, 2.75) is 39.2 Å². The maximum absolute atomic E-state index is 10.4. The van der Waals surface area contributed by atoms with Crippen LogP contribution in [-0.2, 0) is 14.6 Å². The maximum Gasteiger partial charge on any atom is 0.383 e. The summed E-state index contributed by atoms with van der Waals surface area (Å²) in [7, 11) is 0. The van der Waals surface area contributed by atoms with Gasteiger partial charge in [0.15, 0.2) is 6.10 Å². The lowest BCUT2D eigenvalue weighted by Crippen LogP contribution is -2.22. The van der Waals surface area contributed by atoms with Crippen LogP contribution < -0.4 is 0 Å².